The molecule has 3 amide bonds. The molecule has 41 nitrogen and oxygen atoms in total. The van der Waals surface area contributed by atoms with E-state index in [4.69, 9.17) is 56.8 Å². The van der Waals surface area contributed by atoms with Gasteiger partial charge in [-0.3, -0.25) is 24.0 Å². The summed E-state index contributed by atoms with van der Waals surface area (Å²) in [6.45, 7) is 1.35. The van der Waals surface area contributed by atoms with Crippen LogP contribution in [0.15, 0.2) is 9.59 Å². The zero-order valence-corrected chi connectivity index (χ0v) is 51.1. The van der Waals surface area contributed by atoms with Crippen molar-refractivity contribution in [3.63, 3.8) is 0 Å². The second kappa shape index (κ2) is 33.4. The molecule has 0 aliphatic carbocycles. The topological polar surface area (TPSA) is 633 Å². The summed E-state index contributed by atoms with van der Waals surface area (Å²) in [6.07, 6.45) is -59.3. The molecule has 0 saturated carbocycles. The number of carboxylic acid groups (broad SMARTS) is 3. The van der Waals surface area contributed by atoms with Gasteiger partial charge in [0, 0.05) is 40.2 Å². The fourth-order valence-electron chi connectivity index (χ4n) is 11.8. The lowest BCUT2D eigenvalue weighted by molar-refractivity contribution is -0.528. The van der Waals surface area contributed by atoms with Crippen LogP contribution >= 0.6 is 0 Å². The smallest absolute Gasteiger partial charge is 0.335 e. The van der Waals surface area contributed by atoms with E-state index < -0.39 is 250 Å². The Bertz CT molecular complexity index is 2840. The fraction of sp³-hybridized carbons (Fsp3) is 0.815. The lowest BCUT2D eigenvalue weighted by Gasteiger charge is -2.53. The Labute approximate surface area is 536 Å². The molecular formula is C54H81N4O37-. The molecule has 30 atom stereocenters. The number of aliphatic hydroxyl groups is 13. The van der Waals surface area contributed by atoms with Crippen molar-refractivity contribution in [2.45, 2.75) is 237 Å². The normalized spacial score (nSPS) is 40.7. The van der Waals surface area contributed by atoms with Gasteiger partial charge >= 0.3 is 17.9 Å². The molecule has 540 valence electrons. The average molecular weight is 1380 g/mol. The highest BCUT2D eigenvalue weighted by molar-refractivity contribution is 5.76. The van der Waals surface area contributed by atoms with Crippen LogP contribution in [0.5, 0.6) is 5.75 Å². The van der Waals surface area contributed by atoms with Gasteiger partial charge in [0.2, 0.25) is 17.7 Å². The molecule has 6 aliphatic heterocycles. The number of carbonyl (C=O) groups excluding carboxylic acids is 3. The van der Waals surface area contributed by atoms with E-state index in [-0.39, 0.29) is 37.6 Å². The maximum absolute atomic E-state index is 13.8. The molecule has 0 spiro atoms. The molecule has 6 aliphatic rings. The second-order valence-electron chi connectivity index (χ2n) is 23.2. The minimum Gasteiger partial charge on any atom is -0.829 e. The van der Waals surface area contributed by atoms with Gasteiger partial charge in [-0.15, -0.1) is 0 Å². The molecule has 6 fully saturated rings. The monoisotopic (exact) mass is 1380 g/mol. The zero-order valence-electron chi connectivity index (χ0n) is 51.1. The Hall–Kier alpha value is -5.50. The largest absolute Gasteiger partial charge is 0.829 e. The van der Waals surface area contributed by atoms with Crippen LogP contribution < -0.4 is 36.7 Å². The lowest BCUT2D eigenvalue weighted by Crippen LogP contribution is -2.72. The van der Waals surface area contributed by atoms with Crippen LogP contribution in [0.3, 0.4) is 0 Å². The molecule has 7 rings (SSSR count). The molecule has 41 heteroatoms. The predicted octanol–water partition coefficient (Wildman–Crippen LogP) is -12.6. The average Bonchev–Trinajstić information content (AvgIpc) is 0.776. The Kier molecular flexibility index (Phi) is 27.0. The maximum Gasteiger partial charge on any atom is 0.335 e. The standard InChI is InChI=1S/C54H81N4O37/c1-5-84-37-21(28(68)30(37)70)55-10-8-6-7-9-11-58(17(4)64)24-40(27(67)18(12-59)85-49(24)83)90-54-36(76)33(73)42(45(95-54)48(81)82)92-51-23(57-16(3)63)39(26(66)20(14-61)87-51)89-53-35(75)32(72)41(44(94-53)47(79)80)91-50-22(56-15(2)62)38(25(65)19(13-60)86-50)88-52-34(74)29(69)31(71)43(93-52)46(77)78/h18-20,22-27,29,31-36,38-45,49-55,59-61,65-67,69,71-76H,5-14H2,1-4H3,(H,56,62)(H,57,63)(H,77,78)(H,79,80)(H,81,82)/q-1/t18-,19-,20-,22-,23-,24-,25-,26-,27-,29+,31+,32-,33-,34-,35-,36-,38-,39-,40-,41+,42+,43+,44+,45+,49-,50+,51+,52-,53-,54-/m1/s1. The third-order valence-electron chi connectivity index (χ3n) is 16.7. The number of amides is 3. The highest BCUT2D eigenvalue weighted by atomic mass is 16.8. The Morgan fingerprint density at radius 2 is 0.874 bits per heavy atom. The first-order valence-electron chi connectivity index (χ1n) is 30.0. The third-order valence-corrected chi connectivity index (χ3v) is 16.7. The number of aliphatic carboxylic acids is 3. The highest BCUT2D eigenvalue weighted by Crippen LogP contribution is 2.38. The van der Waals surface area contributed by atoms with Crippen molar-refractivity contribution < 1.29 is 172 Å². The SMILES string of the molecule is CCOc1c(NCCCCCCN(C(C)=O)[C@@H]2[C@@H](O[C@@H]3O[C@H](C(=O)O)[C@@H](O[C@@H]4O[C@H](CO)[C@@H](O)[C@H](O[C@@H]5O[C@H](C(=O)O)[C@@H](O[C@@H]6O[C@H](CO)[C@@H](O)[C@H](O[C@@H]7O[C@H](C(=O)O)[C@@H](O)[C@H](O)[C@H]7O)[C@H]6NC(C)=O)[C@H](O)[C@H]5O)[C@H]4NC(C)=O)[C@H](O)[C@H]3O)[C@H](O)[C@@H](CO)O[C@H]2[O-])c(=O)c1=O. The molecule has 1 aromatic rings. The van der Waals surface area contributed by atoms with E-state index in [0.717, 1.165) is 25.7 Å². The van der Waals surface area contributed by atoms with Crippen molar-refractivity contribution in [1.29, 1.82) is 0 Å². The van der Waals surface area contributed by atoms with Gasteiger partial charge < -0.3 is 165 Å². The number of rotatable bonds is 29. The number of carbonyl (C=O) groups is 6. The summed E-state index contributed by atoms with van der Waals surface area (Å²) in [7, 11) is 0. The summed E-state index contributed by atoms with van der Waals surface area (Å²) in [5.74, 6) is -8.72. The van der Waals surface area contributed by atoms with Crippen molar-refractivity contribution in [1.82, 2.24) is 15.5 Å². The van der Waals surface area contributed by atoms with E-state index >= 15 is 0 Å². The number of unbranched alkanes of at least 4 members (excludes halogenated alkanes) is 3. The van der Waals surface area contributed by atoms with Crippen molar-refractivity contribution in [2.75, 3.05) is 44.8 Å². The van der Waals surface area contributed by atoms with Gasteiger partial charge in [-0.05, 0) is 19.8 Å². The molecule has 0 aromatic heterocycles. The number of hydrogen-bond acceptors (Lipinski definition) is 35. The van der Waals surface area contributed by atoms with Crippen LogP contribution in [0.25, 0.3) is 0 Å². The summed E-state index contributed by atoms with van der Waals surface area (Å²) < 4.78 is 67.4. The number of ether oxygens (including phenoxy) is 12. The molecule has 19 N–H and O–H groups in total. The van der Waals surface area contributed by atoms with Crippen LogP contribution in [-0.4, -0.2) is 346 Å². The van der Waals surface area contributed by atoms with Crippen molar-refractivity contribution in [2.24, 2.45) is 0 Å². The van der Waals surface area contributed by atoms with Gasteiger partial charge in [-0.25, -0.2) is 14.4 Å². The van der Waals surface area contributed by atoms with Gasteiger partial charge in [0.05, 0.1) is 32.5 Å². The summed E-state index contributed by atoms with van der Waals surface area (Å²) >= 11 is 0. The van der Waals surface area contributed by atoms with E-state index in [1.165, 1.54) is 0 Å². The second-order valence-corrected chi connectivity index (χ2v) is 23.2. The van der Waals surface area contributed by atoms with E-state index in [2.05, 4.69) is 16.0 Å². The minimum absolute atomic E-state index is 0.0447. The van der Waals surface area contributed by atoms with Gasteiger partial charge in [-0.1, -0.05) is 12.8 Å². The number of nitrogens with one attached hydrogen (secondary N) is 3. The Balaban J connectivity index is 1.08. The van der Waals surface area contributed by atoms with Crippen LogP contribution in [-0.2, 0) is 80.9 Å². The first kappa shape index (κ1) is 76.9. The van der Waals surface area contributed by atoms with E-state index in [1.807, 2.05) is 0 Å². The fourth-order valence-corrected chi connectivity index (χ4v) is 11.8. The van der Waals surface area contributed by atoms with E-state index in [0.29, 0.717) is 19.3 Å². The summed E-state index contributed by atoms with van der Waals surface area (Å²) in [5.41, 5.74) is -1.44. The molecule has 0 radical (unpaired) electrons. The van der Waals surface area contributed by atoms with Crippen molar-refractivity contribution in [3.8, 4) is 5.75 Å². The van der Waals surface area contributed by atoms with E-state index in [1.54, 1.807) is 6.92 Å². The third kappa shape index (κ3) is 17.0. The predicted molar refractivity (Wildman–Crippen MR) is 296 cm³/mol. The summed E-state index contributed by atoms with van der Waals surface area (Å²) in [5, 5.41) is 195. The number of nitrogens with zero attached hydrogens (tertiary/aromatic N) is 1. The van der Waals surface area contributed by atoms with Gasteiger partial charge in [0.15, 0.2) is 55.5 Å². The van der Waals surface area contributed by atoms with Gasteiger partial charge in [0.1, 0.15) is 128 Å². The van der Waals surface area contributed by atoms with Gasteiger partial charge in [0.25, 0.3) is 10.9 Å². The van der Waals surface area contributed by atoms with Crippen molar-refractivity contribution in [3.05, 3.63) is 20.4 Å². The first-order valence-corrected chi connectivity index (χ1v) is 30.0. The number of aliphatic hydroxyl groups excluding tert-OH is 13. The molecule has 95 heavy (non-hydrogen) atoms. The number of hydrogen-bond donors (Lipinski definition) is 19. The first-order chi connectivity index (χ1) is 44.8. The zero-order chi connectivity index (χ0) is 70.3. The molecular weight excluding hydrogens is 1300 g/mol. The van der Waals surface area contributed by atoms with Crippen LogP contribution in [0.1, 0.15) is 53.4 Å². The molecule has 6 saturated heterocycles. The maximum atomic E-state index is 13.8. The molecule has 0 unspecified atom stereocenters. The molecule has 1 aromatic carbocycles. The van der Waals surface area contributed by atoms with Gasteiger partial charge in [-0.2, -0.15) is 0 Å². The Morgan fingerprint density at radius 3 is 1.29 bits per heavy atom. The summed E-state index contributed by atoms with van der Waals surface area (Å²) in [6, 6.07) is -5.81. The Morgan fingerprint density at radius 1 is 0.474 bits per heavy atom. The van der Waals surface area contributed by atoms with Crippen LogP contribution in [0.2, 0.25) is 0 Å². The van der Waals surface area contributed by atoms with Crippen molar-refractivity contribution >= 4 is 41.3 Å². The van der Waals surface area contributed by atoms with E-state index in [9.17, 15) is 125 Å². The highest BCUT2D eigenvalue weighted by Gasteiger charge is 2.60. The minimum atomic E-state index is -2.55. The van der Waals surface area contributed by atoms with Crippen LogP contribution in [0.4, 0.5) is 5.69 Å². The molecule has 6 heterocycles. The lowest BCUT2D eigenvalue weighted by atomic mass is 9.93. The molecule has 0 bridgehead atoms. The van der Waals surface area contributed by atoms with Crippen LogP contribution in [0, 0.1) is 0 Å². The summed E-state index contributed by atoms with van der Waals surface area (Å²) in [4.78, 5) is 102. The number of carboxylic acids is 3. The number of anilines is 1. The quantitative estimate of drug-likeness (QED) is 0.0262.